The summed E-state index contributed by atoms with van der Waals surface area (Å²) in [5.74, 6) is 1.74. The first-order valence-corrected chi connectivity index (χ1v) is 8.50. The fraction of sp³-hybridized carbons (Fsp3) is 0.294. The van der Waals surface area contributed by atoms with E-state index in [1.54, 1.807) is 0 Å². The predicted molar refractivity (Wildman–Crippen MR) is 95.1 cm³/mol. The van der Waals surface area contributed by atoms with Crippen LogP contribution in [-0.4, -0.2) is 6.04 Å². The Balaban J connectivity index is 2.29. The van der Waals surface area contributed by atoms with Crippen molar-refractivity contribution in [3.05, 3.63) is 56.5 Å². The summed E-state index contributed by atoms with van der Waals surface area (Å²) in [6, 6.07) is 12.6. The maximum absolute atomic E-state index is 6.13. The third-order valence-electron chi connectivity index (χ3n) is 3.10. The molecule has 0 saturated heterocycles. The van der Waals surface area contributed by atoms with Crippen LogP contribution in [0.1, 0.15) is 25.0 Å². The molecule has 0 saturated carbocycles. The number of hydrogen-bond donors (Lipinski definition) is 1. The zero-order valence-electron chi connectivity index (χ0n) is 12.4. The van der Waals surface area contributed by atoms with Gasteiger partial charge in [-0.1, -0.05) is 57.8 Å². The first-order chi connectivity index (χ1) is 9.95. The van der Waals surface area contributed by atoms with Crippen LogP contribution < -0.4 is 10.1 Å². The van der Waals surface area contributed by atoms with Crippen molar-refractivity contribution in [1.29, 1.82) is 0 Å². The number of hydrogen-bond acceptors (Lipinski definition) is 2. The van der Waals surface area contributed by atoms with Gasteiger partial charge in [0.2, 0.25) is 0 Å². The van der Waals surface area contributed by atoms with Crippen molar-refractivity contribution in [2.75, 3.05) is 0 Å². The Kier molecular flexibility index (Phi) is 5.85. The SMILES string of the molecule is Cc1ccc(Br)cc1Oc1cc(Br)ccc1CNC(C)C. The molecule has 0 radical (unpaired) electrons. The van der Waals surface area contributed by atoms with Gasteiger partial charge in [0.15, 0.2) is 0 Å². The van der Waals surface area contributed by atoms with Crippen molar-refractivity contribution in [1.82, 2.24) is 5.32 Å². The van der Waals surface area contributed by atoms with Gasteiger partial charge < -0.3 is 10.1 Å². The van der Waals surface area contributed by atoms with Gasteiger partial charge in [0.25, 0.3) is 0 Å². The monoisotopic (exact) mass is 411 g/mol. The van der Waals surface area contributed by atoms with Crippen LogP contribution in [0.2, 0.25) is 0 Å². The van der Waals surface area contributed by atoms with Crippen LogP contribution in [0.5, 0.6) is 11.5 Å². The van der Waals surface area contributed by atoms with Gasteiger partial charge in [-0.2, -0.15) is 0 Å². The molecule has 0 aliphatic carbocycles. The smallest absolute Gasteiger partial charge is 0.133 e. The molecular weight excluding hydrogens is 394 g/mol. The fourth-order valence-electron chi connectivity index (χ4n) is 1.89. The van der Waals surface area contributed by atoms with E-state index in [4.69, 9.17) is 4.74 Å². The van der Waals surface area contributed by atoms with Crippen molar-refractivity contribution < 1.29 is 4.74 Å². The first kappa shape index (κ1) is 16.5. The molecule has 0 aromatic heterocycles. The van der Waals surface area contributed by atoms with Gasteiger partial charge >= 0.3 is 0 Å². The van der Waals surface area contributed by atoms with E-state index in [9.17, 15) is 0 Å². The lowest BCUT2D eigenvalue weighted by molar-refractivity contribution is 0.465. The lowest BCUT2D eigenvalue weighted by Crippen LogP contribution is -2.22. The van der Waals surface area contributed by atoms with Crippen molar-refractivity contribution in [2.45, 2.75) is 33.4 Å². The van der Waals surface area contributed by atoms with Crippen LogP contribution in [0, 0.1) is 6.92 Å². The van der Waals surface area contributed by atoms with Crippen LogP contribution in [0.15, 0.2) is 45.3 Å². The molecule has 0 amide bonds. The van der Waals surface area contributed by atoms with Gasteiger partial charge in [-0.3, -0.25) is 0 Å². The number of aryl methyl sites for hydroxylation is 1. The Bertz CT molecular complexity index is 626. The first-order valence-electron chi connectivity index (χ1n) is 6.91. The quantitative estimate of drug-likeness (QED) is 0.668. The van der Waals surface area contributed by atoms with Gasteiger partial charge in [-0.15, -0.1) is 0 Å². The van der Waals surface area contributed by atoms with Crippen LogP contribution >= 0.6 is 31.9 Å². The molecule has 0 bridgehead atoms. The Morgan fingerprint density at radius 2 is 1.62 bits per heavy atom. The van der Waals surface area contributed by atoms with Gasteiger partial charge in [0.05, 0.1) is 0 Å². The normalized spacial score (nSPS) is 11.0. The predicted octanol–water partition coefficient (Wildman–Crippen LogP) is 5.81. The highest BCUT2D eigenvalue weighted by molar-refractivity contribution is 9.10. The summed E-state index contributed by atoms with van der Waals surface area (Å²) in [6.07, 6.45) is 0. The second-order valence-electron chi connectivity index (χ2n) is 5.30. The number of halogens is 2. The average Bonchev–Trinajstić information content (AvgIpc) is 2.42. The minimum atomic E-state index is 0.439. The summed E-state index contributed by atoms with van der Waals surface area (Å²) in [4.78, 5) is 0. The van der Waals surface area contributed by atoms with Crippen molar-refractivity contribution in [2.24, 2.45) is 0 Å². The molecule has 1 N–H and O–H groups in total. The van der Waals surface area contributed by atoms with Crippen molar-refractivity contribution in [3.63, 3.8) is 0 Å². The van der Waals surface area contributed by atoms with Gasteiger partial charge in [-0.05, 0) is 36.8 Å². The maximum Gasteiger partial charge on any atom is 0.133 e. The topological polar surface area (TPSA) is 21.3 Å². The number of rotatable bonds is 5. The molecule has 112 valence electrons. The second-order valence-corrected chi connectivity index (χ2v) is 7.13. The molecule has 0 aliphatic rings. The Hall–Kier alpha value is -0.840. The molecule has 2 nitrogen and oxygen atoms in total. The molecule has 0 spiro atoms. The third kappa shape index (κ3) is 4.83. The van der Waals surface area contributed by atoms with E-state index in [0.29, 0.717) is 6.04 Å². The van der Waals surface area contributed by atoms with E-state index in [1.165, 1.54) is 0 Å². The summed E-state index contributed by atoms with van der Waals surface area (Å²) in [5.41, 5.74) is 2.26. The van der Waals surface area contributed by atoms with E-state index >= 15 is 0 Å². The summed E-state index contributed by atoms with van der Waals surface area (Å²) in [5, 5.41) is 3.43. The minimum absolute atomic E-state index is 0.439. The molecule has 2 aromatic rings. The van der Waals surface area contributed by atoms with Crippen LogP contribution in [0.3, 0.4) is 0 Å². The lowest BCUT2D eigenvalue weighted by Gasteiger charge is -2.15. The molecule has 0 aliphatic heterocycles. The highest BCUT2D eigenvalue weighted by Gasteiger charge is 2.09. The van der Waals surface area contributed by atoms with Gasteiger partial charge in [0.1, 0.15) is 11.5 Å². The van der Waals surface area contributed by atoms with Crippen molar-refractivity contribution in [3.8, 4) is 11.5 Å². The second kappa shape index (κ2) is 7.43. The van der Waals surface area contributed by atoms with Gasteiger partial charge in [-0.25, -0.2) is 0 Å². The fourth-order valence-corrected chi connectivity index (χ4v) is 2.57. The molecule has 2 rings (SSSR count). The number of ether oxygens (including phenoxy) is 1. The molecule has 0 heterocycles. The standard InChI is InChI=1S/C17H19Br2NO/c1-11(2)20-10-13-5-7-15(19)9-17(13)21-16-8-14(18)6-4-12(16)3/h4-9,11,20H,10H2,1-3H3. The highest BCUT2D eigenvalue weighted by atomic mass is 79.9. The largest absolute Gasteiger partial charge is 0.457 e. The Labute approximate surface area is 143 Å². The van der Waals surface area contributed by atoms with Crippen molar-refractivity contribution >= 4 is 31.9 Å². The summed E-state index contributed by atoms with van der Waals surface area (Å²) in [7, 11) is 0. The third-order valence-corrected chi connectivity index (χ3v) is 4.09. The number of benzene rings is 2. The molecule has 0 unspecified atom stereocenters. The van der Waals surface area contributed by atoms with Crippen LogP contribution in [0.4, 0.5) is 0 Å². The average molecular weight is 413 g/mol. The summed E-state index contributed by atoms with van der Waals surface area (Å²) >= 11 is 7.00. The van der Waals surface area contributed by atoms with E-state index in [0.717, 1.165) is 38.1 Å². The summed E-state index contributed by atoms with van der Waals surface area (Å²) in [6.45, 7) is 7.11. The Morgan fingerprint density at radius 1 is 1.00 bits per heavy atom. The highest BCUT2D eigenvalue weighted by Crippen LogP contribution is 2.32. The van der Waals surface area contributed by atoms with Crippen LogP contribution in [0.25, 0.3) is 0 Å². The molecule has 0 fully saturated rings. The molecule has 4 heteroatoms. The van der Waals surface area contributed by atoms with E-state index in [1.807, 2.05) is 37.3 Å². The van der Waals surface area contributed by atoms with Gasteiger partial charge in [0, 0.05) is 27.1 Å². The van der Waals surface area contributed by atoms with Crippen LogP contribution in [-0.2, 0) is 6.54 Å². The summed E-state index contributed by atoms with van der Waals surface area (Å²) < 4.78 is 8.16. The zero-order valence-corrected chi connectivity index (χ0v) is 15.6. The Morgan fingerprint density at radius 3 is 2.29 bits per heavy atom. The molecule has 2 aromatic carbocycles. The molecule has 0 atom stereocenters. The van der Waals surface area contributed by atoms with E-state index in [-0.39, 0.29) is 0 Å². The molecular formula is C17H19Br2NO. The van der Waals surface area contributed by atoms with E-state index in [2.05, 4.69) is 57.1 Å². The maximum atomic E-state index is 6.13. The van der Waals surface area contributed by atoms with E-state index < -0.39 is 0 Å². The molecule has 21 heavy (non-hydrogen) atoms. The zero-order chi connectivity index (χ0) is 15.4. The number of nitrogens with one attached hydrogen (secondary N) is 1. The minimum Gasteiger partial charge on any atom is -0.457 e. The lowest BCUT2D eigenvalue weighted by atomic mass is 10.2.